The SMILES string of the molecule is CCOc1c(C(=O)NC2(CBr)CCC2)cccc1[N+](=O)[O-]. The molecule has 7 heteroatoms. The van der Waals surface area contributed by atoms with E-state index in [2.05, 4.69) is 21.2 Å². The van der Waals surface area contributed by atoms with Gasteiger partial charge < -0.3 is 10.1 Å². The number of hydrogen-bond acceptors (Lipinski definition) is 4. The third-order valence-electron chi connectivity index (χ3n) is 3.67. The summed E-state index contributed by atoms with van der Waals surface area (Å²) < 4.78 is 5.34. The predicted molar refractivity (Wildman–Crippen MR) is 82.1 cm³/mol. The number of benzene rings is 1. The normalized spacial score (nSPS) is 15.9. The van der Waals surface area contributed by atoms with Crippen molar-refractivity contribution in [1.29, 1.82) is 0 Å². The van der Waals surface area contributed by atoms with E-state index < -0.39 is 4.92 Å². The lowest BCUT2D eigenvalue weighted by molar-refractivity contribution is -0.385. The Hall–Kier alpha value is -1.63. The van der Waals surface area contributed by atoms with E-state index in [1.54, 1.807) is 13.0 Å². The van der Waals surface area contributed by atoms with Crippen molar-refractivity contribution in [2.24, 2.45) is 0 Å². The lowest BCUT2D eigenvalue weighted by Gasteiger charge is -2.41. The number of para-hydroxylation sites is 1. The Labute approximate surface area is 131 Å². The molecule has 1 aliphatic rings. The van der Waals surface area contributed by atoms with Crippen molar-refractivity contribution in [1.82, 2.24) is 5.32 Å². The van der Waals surface area contributed by atoms with E-state index in [4.69, 9.17) is 4.74 Å². The zero-order valence-corrected chi connectivity index (χ0v) is 13.3. The average Bonchev–Trinajstić information content (AvgIpc) is 2.43. The number of ether oxygens (including phenoxy) is 1. The van der Waals surface area contributed by atoms with Gasteiger partial charge in [-0.3, -0.25) is 14.9 Å². The third-order valence-corrected chi connectivity index (χ3v) is 4.74. The highest BCUT2D eigenvalue weighted by molar-refractivity contribution is 9.09. The van der Waals surface area contributed by atoms with E-state index in [0.717, 1.165) is 19.3 Å². The van der Waals surface area contributed by atoms with Crippen LogP contribution in [-0.4, -0.2) is 28.3 Å². The molecule has 0 heterocycles. The number of hydrogen-bond donors (Lipinski definition) is 1. The predicted octanol–water partition coefficient (Wildman–Crippen LogP) is 3.04. The maximum absolute atomic E-state index is 12.4. The molecule has 0 spiro atoms. The Morgan fingerprint density at radius 3 is 2.71 bits per heavy atom. The number of amides is 1. The van der Waals surface area contributed by atoms with Crippen molar-refractivity contribution in [2.45, 2.75) is 31.7 Å². The smallest absolute Gasteiger partial charge is 0.311 e. The molecule has 0 radical (unpaired) electrons. The van der Waals surface area contributed by atoms with Crippen LogP contribution in [0.1, 0.15) is 36.5 Å². The highest BCUT2D eigenvalue weighted by Gasteiger charge is 2.38. The number of carbonyl (C=O) groups is 1. The van der Waals surface area contributed by atoms with E-state index in [0.29, 0.717) is 5.33 Å². The highest BCUT2D eigenvalue weighted by atomic mass is 79.9. The van der Waals surface area contributed by atoms with Crippen molar-refractivity contribution in [3.8, 4) is 5.75 Å². The molecule has 0 saturated heterocycles. The number of nitro groups is 1. The van der Waals surface area contributed by atoms with Crippen LogP contribution in [0.5, 0.6) is 5.75 Å². The molecule has 0 bridgehead atoms. The van der Waals surface area contributed by atoms with Crippen LogP contribution < -0.4 is 10.1 Å². The summed E-state index contributed by atoms with van der Waals surface area (Å²) in [5.41, 5.74) is -0.227. The molecule has 1 aromatic carbocycles. The molecule has 1 aliphatic carbocycles. The molecule has 114 valence electrons. The highest BCUT2D eigenvalue weighted by Crippen LogP contribution is 2.35. The Balaban J connectivity index is 2.31. The summed E-state index contributed by atoms with van der Waals surface area (Å²) in [7, 11) is 0. The maximum Gasteiger partial charge on any atom is 0.311 e. The van der Waals surface area contributed by atoms with E-state index in [-0.39, 0.29) is 35.1 Å². The zero-order valence-electron chi connectivity index (χ0n) is 11.7. The van der Waals surface area contributed by atoms with Crippen LogP contribution in [0.3, 0.4) is 0 Å². The molecule has 2 rings (SSSR count). The van der Waals surface area contributed by atoms with Gasteiger partial charge in [0.1, 0.15) is 0 Å². The number of carbonyl (C=O) groups excluding carboxylic acids is 1. The molecule has 0 aromatic heterocycles. The second-order valence-corrected chi connectivity index (χ2v) is 5.63. The number of alkyl halides is 1. The van der Waals surface area contributed by atoms with Crippen molar-refractivity contribution >= 4 is 27.5 Å². The monoisotopic (exact) mass is 356 g/mol. The summed E-state index contributed by atoms with van der Waals surface area (Å²) in [4.78, 5) is 23.0. The second-order valence-electron chi connectivity index (χ2n) is 5.07. The minimum Gasteiger partial charge on any atom is -0.487 e. The first-order valence-electron chi connectivity index (χ1n) is 6.81. The first kappa shape index (κ1) is 15.8. The molecular formula is C14H17BrN2O4. The molecule has 21 heavy (non-hydrogen) atoms. The zero-order chi connectivity index (χ0) is 15.5. The van der Waals surface area contributed by atoms with Gasteiger partial charge in [0.25, 0.3) is 5.91 Å². The first-order valence-corrected chi connectivity index (χ1v) is 7.94. The average molecular weight is 357 g/mol. The van der Waals surface area contributed by atoms with E-state index in [1.165, 1.54) is 12.1 Å². The van der Waals surface area contributed by atoms with Crippen LogP contribution >= 0.6 is 15.9 Å². The summed E-state index contributed by atoms with van der Waals surface area (Å²) in [6.07, 6.45) is 2.88. The van der Waals surface area contributed by atoms with Crippen LogP contribution in [-0.2, 0) is 0 Å². The molecule has 0 aliphatic heterocycles. The number of nitrogens with one attached hydrogen (secondary N) is 1. The quantitative estimate of drug-likeness (QED) is 0.482. The minimum atomic E-state index is -0.536. The van der Waals surface area contributed by atoms with Gasteiger partial charge in [-0.2, -0.15) is 0 Å². The maximum atomic E-state index is 12.4. The third kappa shape index (κ3) is 3.18. The van der Waals surface area contributed by atoms with E-state index >= 15 is 0 Å². The second kappa shape index (κ2) is 6.43. The molecule has 6 nitrogen and oxygen atoms in total. The minimum absolute atomic E-state index is 0.0338. The van der Waals surface area contributed by atoms with E-state index in [9.17, 15) is 14.9 Å². The summed E-state index contributed by atoms with van der Waals surface area (Å²) in [6, 6.07) is 4.39. The van der Waals surface area contributed by atoms with Gasteiger partial charge in [0.05, 0.1) is 22.6 Å². The van der Waals surface area contributed by atoms with Crippen LogP contribution in [0, 0.1) is 10.1 Å². The molecular weight excluding hydrogens is 340 g/mol. The number of nitro benzene ring substituents is 1. The Morgan fingerprint density at radius 2 is 2.24 bits per heavy atom. The lowest BCUT2D eigenvalue weighted by Crippen LogP contribution is -2.54. The topological polar surface area (TPSA) is 81.5 Å². The van der Waals surface area contributed by atoms with E-state index in [1.807, 2.05) is 0 Å². The Morgan fingerprint density at radius 1 is 1.52 bits per heavy atom. The number of nitrogens with zero attached hydrogens (tertiary/aromatic N) is 1. The van der Waals surface area contributed by atoms with Gasteiger partial charge in [0.15, 0.2) is 0 Å². The fourth-order valence-corrected chi connectivity index (χ4v) is 3.05. The first-order chi connectivity index (χ1) is 10.0. The Bertz CT molecular complexity index is 552. The van der Waals surface area contributed by atoms with Gasteiger partial charge in [-0.25, -0.2) is 0 Å². The number of halogens is 1. The van der Waals surface area contributed by atoms with Crippen LogP contribution in [0.4, 0.5) is 5.69 Å². The van der Waals surface area contributed by atoms with Crippen LogP contribution in [0.25, 0.3) is 0 Å². The van der Waals surface area contributed by atoms with Crippen LogP contribution in [0.15, 0.2) is 18.2 Å². The van der Waals surface area contributed by atoms with Gasteiger partial charge in [-0.15, -0.1) is 0 Å². The fraction of sp³-hybridized carbons (Fsp3) is 0.500. The number of rotatable bonds is 6. The molecule has 1 N–H and O–H groups in total. The Kier molecular flexibility index (Phi) is 4.82. The van der Waals surface area contributed by atoms with Crippen LogP contribution in [0.2, 0.25) is 0 Å². The van der Waals surface area contributed by atoms with Crippen molar-refractivity contribution in [3.63, 3.8) is 0 Å². The largest absolute Gasteiger partial charge is 0.487 e. The summed E-state index contributed by atoms with van der Waals surface area (Å²) in [5, 5.41) is 14.7. The molecule has 0 atom stereocenters. The molecule has 1 saturated carbocycles. The molecule has 1 amide bonds. The summed E-state index contributed by atoms with van der Waals surface area (Å²) >= 11 is 3.42. The van der Waals surface area contributed by atoms with Crippen molar-refractivity contribution in [2.75, 3.05) is 11.9 Å². The van der Waals surface area contributed by atoms with Gasteiger partial charge in [0, 0.05) is 11.4 Å². The van der Waals surface area contributed by atoms with Gasteiger partial charge >= 0.3 is 5.69 Å². The van der Waals surface area contributed by atoms with Crippen molar-refractivity contribution in [3.05, 3.63) is 33.9 Å². The summed E-state index contributed by atoms with van der Waals surface area (Å²) in [5.74, 6) is -0.298. The van der Waals surface area contributed by atoms with Gasteiger partial charge in [-0.05, 0) is 32.3 Å². The lowest BCUT2D eigenvalue weighted by atomic mass is 9.78. The molecule has 1 aromatic rings. The van der Waals surface area contributed by atoms with Crippen molar-refractivity contribution < 1.29 is 14.5 Å². The van der Waals surface area contributed by atoms with Gasteiger partial charge in [0.2, 0.25) is 5.75 Å². The fourth-order valence-electron chi connectivity index (χ4n) is 2.35. The summed E-state index contributed by atoms with van der Waals surface area (Å²) in [6.45, 7) is 1.99. The van der Waals surface area contributed by atoms with Gasteiger partial charge in [-0.1, -0.05) is 22.0 Å². The standard InChI is InChI=1S/C14H17BrN2O4/c1-2-21-12-10(5-3-6-11(12)17(19)20)13(18)16-14(9-15)7-4-8-14/h3,5-6H,2,4,7-9H2,1H3,(H,16,18). The molecule has 1 fully saturated rings. The molecule has 0 unspecified atom stereocenters.